The van der Waals surface area contributed by atoms with Gasteiger partial charge in [-0.3, -0.25) is 9.69 Å². The Morgan fingerprint density at radius 1 is 1.41 bits per heavy atom. The lowest BCUT2D eigenvalue weighted by molar-refractivity contribution is -0.121. The Labute approximate surface area is 139 Å². The number of benzene rings is 1. The number of rotatable bonds is 6. The highest BCUT2D eigenvalue weighted by atomic mass is 32.2. The van der Waals surface area contributed by atoms with Crippen LogP contribution in [0.15, 0.2) is 35.8 Å². The van der Waals surface area contributed by atoms with Gasteiger partial charge in [-0.2, -0.15) is 0 Å². The number of carbonyl (C=O) groups is 1. The van der Waals surface area contributed by atoms with Gasteiger partial charge in [0.1, 0.15) is 4.32 Å². The van der Waals surface area contributed by atoms with E-state index in [1.165, 1.54) is 16.7 Å². The topological polar surface area (TPSA) is 38.8 Å². The Hall–Kier alpha value is -1.79. The van der Waals surface area contributed by atoms with Crippen molar-refractivity contribution in [2.45, 2.75) is 6.92 Å². The van der Waals surface area contributed by atoms with Gasteiger partial charge in [0.15, 0.2) is 11.5 Å². The maximum absolute atomic E-state index is 12.3. The zero-order valence-electron chi connectivity index (χ0n) is 12.5. The molecular weight excluding hydrogens is 318 g/mol. The van der Waals surface area contributed by atoms with Gasteiger partial charge in [-0.1, -0.05) is 36.1 Å². The van der Waals surface area contributed by atoms with Gasteiger partial charge in [0.25, 0.3) is 5.91 Å². The van der Waals surface area contributed by atoms with E-state index < -0.39 is 0 Å². The summed E-state index contributed by atoms with van der Waals surface area (Å²) >= 11 is 6.51. The van der Waals surface area contributed by atoms with E-state index >= 15 is 0 Å². The van der Waals surface area contributed by atoms with E-state index in [4.69, 9.17) is 21.7 Å². The van der Waals surface area contributed by atoms with Crippen LogP contribution in [0.25, 0.3) is 6.08 Å². The number of thioether (sulfide) groups is 1. The van der Waals surface area contributed by atoms with Crippen LogP contribution in [-0.2, 0) is 4.79 Å². The Bertz CT molecular complexity index is 640. The van der Waals surface area contributed by atoms with Crippen molar-refractivity contribution in [1.82, 2.24) is 4.90 Å². The maximum atomic E-state index is 12.3. The van der Waals surface area contributed by atoms with Crippen molar-refractivity contribution >= 4 is 40.3 Å². The number of nitrogens with zero attached hydrogens (tertiary/aromatic N) is 1. The first-order valence-electron chi connectivity index (χ1n) is 6.77. The Morgan fingerprint density at radius 2 is 2.18 bits per heavy atom. The molecule has 1 aromatic carbocycles. The van der Waals surface area contributed by atoms with Crippen LogP contribution in [0.4, 0.5) is 0 Å². The number of carbonyl (C=O) groups excluding carboxylic acids is 1. The second-order valence-electron chi connectivity index (χ2n) is 4.42. The maximum Gasteiger partial charge on any atom is 0.266 e. The third kappa shape index (κ3) is 3.51. The first-order valence-corrected chi connectivity index (χ1v) is 8.00. The van der Waals surface area contributed by atoms with Gasteiger partial charge in [-0.15, -0.1) is 6.58 Å². The normalized spacial score (nSPS) is 16.3. The molecule has 0 saturated carbocycles. The molecular formula is C16H17NO3S2. The minimum absolute atomic E-state index is 0.0947. The fourth-order valence-corrected chi connectivity index (χ4v) is 3.26. The van der Waals surface area contributed by atoms with Crippen LogP contribution in [-0.4, -0.2) is 35.4 Å². The number of amides is 1. The summed E-state index contributed by atoms with van der Waals surface area (Å²) in [6.07, 6.45) is 3.47. The Kier molecular flexibility index (Phi) is 5.63. The van der Waals surface area contributed by atoms with Crippen molar-refractivity contribution in [2.75, 3.05) is 20.3 Å². The van der Waals surface area contributed by atoms with Gasteiger partial charge >= 0.3 is 0 Å². The third-order valence-corrected chi connectivity index (χ3v) is 4.35. The van der Waals surface area contributed by atoms with Crippen LogP contribution < -0.4 is 9.47 Å². The van der Waals surface area contributed by atoms with Gasteiger partial charge in [0, 0.05) is 6.54 Å². The molecule has 1 aromatic rings. The van der Waals surface area contributed by atoms with E-state index in [-0.39, 0.29) is 5.91 Å². The fourth-order valence-electron chi connectivity index (χ4n) is 1.99. The Balaban J connectivity index is 2.28. The molecule has 0 unspecified atom stereocenters. The van der Waals surface area contributed by atoms with Crippen LogP contribution in [0.2, 0.25) is 0 Å². The van der Waals surface area contributed by atoms with Crippen molar-refractivity contribution in [3.63, 3.8) is 0 Å². The highest BCUT2D eigenvalue weighted by Gasteiger charge is 2.30. The second-order valence-corrected chi connectivity index (χ2v) is 6.10. The summed E-state index contributed by atoms with van der Waals surface area (Å²) in [5, 5.41) is 0. The first-order chi connectivity index (χ1) is 10.6. The van der Waals surface area contributed by atoms with Crippen molar-refractivity contribution in [2.24, 2.45) is 0 Å². The molecule has 0 atom stereocenters. The summed E-state index contributed by atoms with van der Waals surface area (Å²) in [6.45, 7) is 6.54. The highest BCUT2D eigenvalue weighted by Crippen LogP contribution is 2.34. The molecule has 22 heavy (non-hydrogen) atoms. The first kappa shape index (κ1) is 16.6. The van der Waals surface area contributed by atoms with E-state index in [0.29, 0.717) is 33.9 Å². The predicted octanol–water partition coefficient (Wildman–Crippen LogP) is 3.48. The summed E-state index contributed by atoms with van der Waals surface area (Å²) < 4.78 is 11.3. The summed E-state index contributed by atoms with van der Waals surface area (Å²) in [7, 11) is 1.59. The molecule has 116 valence electrons. The quantitative estimate of drug-likeness (QED) is 0.452. The van der Waals surface area contributed by atoms with Crippen LogP contribution in [0.1, 0.15) is 12.5 Å². The lowest BCUT2D eigenvalue weighted by atomic mass is 10.2. The second kappa shape index (κ2) is 7.47. The molecule has 1 heterocycles. The van der Waals surface area contributed by atoms with Crippen LogP contribution in [0, 0.1) is 0 Å². The molecule has 1 aliphatic rings. The van der Waals surface area contributed by atoms with E-state index in [0.717, 1.165) is 5.56 Å². The van der Waals surface area contributed by atoms with Crippen molar-refractivity contribution in [3.8, 4) is 11.5 Å². The van der Waals surface area contributed by atoms with E-state index in [1.54, 1.807) is 19.3 Å². The number of methoxy groups -OCH3 is 1. The van der Waals surface area contributed by atoms with Gasteiger partial charge in [0.2, 0.25) is 0 Å². The summed E-state index contributed by atoms with van der Waals surface area (Å²) in [4.78, 5) is 14.4. The minimum atomic E-state index is -0.0947. The van der Waals surface area contributed by atoms with Crippen molar-refractivity contribution < 1.29 is 14.3 Å². The fraction of sp³-hybridized carbons (Fsp3) is 0.250. The molecule has 0 aliphatic carbocycles. The zero-order chi connectivity index (χ0) is 16.1. The van der Waals surface area contributed by atoms with Gasteiger partial charge < -0.3 is 9.47 Å². The van der Waals surface area contributed by atoms with E-state index in [1.807, 2.05) is 25.1 Å². The smallest absolute Gasteiger partial charge is 0.266 e. The molecule has 1 saturated heterocycles. The predicted molar refractivity (Wildman–Crippen MR) is 94.2 cm³/mol. The third-order valence-electron chi connectivity index (χ3n) is 2.97. The van der Waals surface area contributed by atoms with Crippen LogP contribution in [0.3, 0.4) is 0 Å². The highest BCUT2D eigenvalue weighted by molar-refractivity contribution is 8.26. The molecule has 0 N–H and O–H groups in total. The number of hydrogen-bond donors (Lipinski definition) is 0. The molecule has 0 aromatic heterocycles. The molecule has 1 aliphatic heterocycles. The molecule has 2 rings (SSSR count). The molecule has 0 spiro atoms. The SMILES string of the molecule is C=CCN1C(=O)C(=Cc2ccc(OCC)c(OC)c2)SC1=S. The molecule has 0 bridgehead atoms. The standard InChI is InChI=1S/C16H17NO3S2/c1-4-8-17-15(18)14(22-16(17)21)10-11-6-7-12(20-5-2)13(9-11)19-3/h4,6-7,9-10H,1,5,8H2,2-3H3. The van der Waals surface area contributed by atoms with Crippen LogP contribution >= 0.6 is 24.0 Å². The minimum Gasteiger partial charge on any atom is -0.493 e. The van der Waals surface area contributed by atoms with E-state index in [2.05, 4.69) is 6.58 Å². The van der Waals surface area contributed by atoms with E-state index in [9.17, 15) is 4.79 Å². The summed E-state index contributed by atoms with van der Waals surface area (Å²) in [5.74, 6) is 1.22. The summed E-state index contributed by atoms with van der Waals surface area (Å²) in [6, 6.07) is 5.55. The lowest BCUT2D eigenvalue weighted by Crippen LogP contribution is -2.27. The van der Waals surface area contributed by atoms with Crippen molar-refractivity contribution in [1.29, 1.82) is 0 Å². The molecule has 0 radical (unpaired) electrons. The van der Waals surface area contributed by atoms with Gasteiger partial charge in [-0.05, 0) is 30.7 Å². The van der Waals surface area contributed by atoms with Gasteiger partial charge in [-0.25, -0.2) is 0 Å². The molecule has 1 amide bonds. The van der Waals surface area contributed by atoms with Crippen LogP contribution in [0.5, 0.6) is 11.5 Å². The molecule has 1 fully saturated rings. The summed E-state index contributed by atoms with van der Waals surface area (Å²) in [5.41, 5.74) is 0.861. The van der Waals surface area contributed by atoms with Gasteiger partial charge in [0.05, 0.1) is 18.6 Å². The number of thiocarbonyl (C=S) groups is 1. The average Bonchev–Trinajstić information content (AvgIpc) is 2.77. The number of ether oxygens (including phenoxy) is 2. The van der Waals surface area contributed by atoms with Crippen molar-refractivity contribution in [3.05, 3.63) is 41.3 Å². The average molecular weight is 335 g/mol. The Morgan fingerprint density at radius 3 is 2.82 bits per heavy atom. The largest absolute Gasteiger partial charge is 0.493 e. The monoisotopic (exact) mass is 335 g/mol. The lowest BCUT2D eigenvalue weighted by Gasteiger charge is -2.10. The molecule has 6 heteroatoms. The zero-order valence-corrected chi connectivity index (χ0v) is 14.1. The number of hydrogen-bond acceptors (Lipinski definition) is 5. The molecule has 4 nitrogen and oxygen atoms in total.